The average molecular weight is 302 g/mol. The van der Waals surface area contributed by atoms with Gasteiger partial charge in [0.15, 0.2) is 0 Å². The van der Waals surface area contributed by atoms with Crippen LogP contribution in [0, 0.1) is 11.6 Å². The van der Waals surface area contributed by atoms with Gasteiger partial charge in [0.25, 0.3) is 0 Å². The Morgan fingerprint density at radius 3 is 2.37 bits per heavy atom. The number of halogens is 4. The van der Waals surface area contributed by atoms with Crippen molar-refractivity contribution in [2.45, 2.75) is 13.0 Å². The third kappa shape index (κ3) is 2.99. The lowest BCUT2D eigenvalue weighted by molar-refractivity contribution is 0.621. The quantitative estimate of drug-likeness (QED) is 0.744. The molecule has 2 rings (SSSR count). The zero-order valence-corrected chi connectivity index (χ0v) is 11.6. The Kier molecular flexibility index (Phi) is 4.27. The van der Waals surface area contributed by atoms with Crippen molar-refractivity contribution in [1.29, 1.82) is 0 Å². The maximum atomic E-state index is 13.5. The minimum absolute atomic E-state index is 0.0520. The Labute approximate surface area is 120 Å². The van der Waals surface area contributed by atoms with Gasteiger partial charge in [-0.25, -0.2) is 8.78 Å². The van der Waals surface area contributed by atoms with Crippen LogP contribution in [0.25, 0.3) is 0 Å². The summed E-state index contributed by atoms with van der Waals surface area (Å²) in [5.74, 6) is -0.943. The van der Waals surface area contributed by atoms with Crippen molar-refractivity contribution in [1.82, 2.24) is 0 Å². The van der Waals surface area contributed by atoms with Crippen LogP contribution in [0.3, 0.4) is 0 Å². The largest absolute Gasteiger partial charge is 0.376 e. The fraction of sp³-hybridized carbons (Fsp3) is 0.143. The number of para-hydroxylation sites is 1. The van der Waals surface area contributed by atoms with Gasteiger partial charge in [0, 0.05) is 10.6 Å². The van der Waals surface area contributed by atoms with Gasteiger partial charge in [-0.15, -0.1) is 0 Å². The normalized spacial score (nSPS) is 12.3. The first-order valence-electron chi connectivity index (χ1n) is 5.65. The molecule has 0 heterocycles. The van der Waals surface area contributed by atoms with Crippen LogP contribution in [0.4, 0.5) is 14.5 Å². The van der Waals surface area contributed by atoms with Crippen LogP contribution >= 0.6 is 23.2 Å². The molecule has 1 atom stereocenters. The first-order valence-corrected chi connectivity index (χ1v) is 6.40. The summed E-state index contributed by atoms with van der Waals surface area (Å²) in [6, 6.07) is 8.42. The summed E-state index contributed by atoms with van der Waals surface area (Å²) in [7, 11) is 0. The fourth-order valence-corrected chi connectivity index (χ4v) is 2.52. The second-order valence-electron chi connectivity index (χ2n) is 4.10. The van der Waals surface area contributed by atoms with E-state index < -0.39 is 17.7 Å². The van der Waals surface area contributed by atoms with Crippen LogP contribution in [-0.2, 0) is 0 Å². The van der Waals surface area contributed by atoms with Crippen LogP contribution in [0.2, 0.25) is 10.0 Å². The van der Waals surface area contributed by atoms with Crippen LogP contribution in [0.5, 0.6) is 0 Å². The van der Waals surface area contributed by atoms with Crippen LogP contribution in [0.15, 0.2) is 36.4 Å². The van der Waals surface area contributed by atoms with Gasteiger partial charge in [0.05, 0.1) is 16.8 Å². The fourth-order valence-electron chi connectivity index (χ4n) is 1.82. The predicted molar refractivity (Wildman–Crippen MR) is 74.9 cm³/mol. The molecule has 1 unspecified atom stereocenters. The molecule has 0 radical (unpaired) electrons. The van der Waals surface area contributed by atoms with Crippen molar-refractivity contribution in [3.63, 3.8) is 0 Å². The zero-order chi connectivity index (χ0) is 14.0. The Balaban J connectivity index is 2.33. The molecule has 0 aromatic heterocycles. The SMILES string of the molecule is CC(Nc1ccccc1F)c1c(Cl)ccc(F)c1Cl. The van der Waals surface area contributed by atoms with Crippen molar-refractivity contribution in [3.05, 3.63) is 63.6 Å². The number of nitrogens with one attached hydrogen (secondary N) is 1. The number of benzene rings is 2. The molecule has 1 N–H and O–H groups in total. The summed E-state index contributed by atoms with van der Waals surface area (Å²) in [4.78, 5) is 0. The number of hydrogen-bond donors (Lipinski definition) is 1. The Morgan fingerprint density at radius 2 is 1.68 bits per heavy atom. The molecule has 0 bridgehead atoms. The van der Waals surface area contributed by atoms with Crippen LogP contribution in [-0.4, -0.2) is 0 Å². The van der Waals surface area contributed by atoms with Crippen molar-refractivity contribution < 1.29 is 8.78 Å². The van der Waals surface area contributed by atoms with Gasteiger partial charge in [-0.1, -0.05) is 35.3 Å². The lowest BCUT2D eigenvalue weighted by Gasteiger charge is -2.19. The molecule has 2 aromatic carbocycles. The molecule has 5 heteroatoms. The smallest absolute Gasteiger partial charge is 0.146 e. The van der Waals surface area contributed by atoms with Gasteiger partial charge >= 0.3 is 0 Å². The van der Waals surface area contributed by atoms with Crippen LogP contribution in [0.1, 0.15) is 18.5 Å². The van der Waals surface area contributed by atoms with E-state index in [4.69, 9.17) is 23.2 Å². The first kappa shape index (κ1) is 14.1. The van der Waals surface area contributed by atoms with E-state index in [1.54, 1.807) is 25.1 Å². The molecule has 0 aliphatic carbocycles. The van der Waals surface area contributed by atoms with Gasteiger partial charge in [0.2, 0.25) is 0 Å². The van der Waals surface area contributed by atoms with Crippen molar-refractivity contribution in [2.75, 3.05) is 5.32 Å². The van der Waals surface area contributed by atoms with E-state index in [9.17, 15) is 8.78 Å². The van der Waals surface area contributed by atoms with E-state index >= 15 is 0 Å². The summed E-state index contributed by atoms with van der Waals surface area (Å²) in [5.41, 5.74) is 0.720. The van der Waals surface area contributed by atoms with Crippen molar-refractivity contribution in [3.8, 4) is 0 Å². The Morgan fingerprint density at radius 1 is 1.00 bits per heavy atom. The van der Waals surface area contributed by atoms with E-state index in [1.807, 2.05) is 0 Å². The molecule has 1 nitrogen and oxygen atoms in total. The molecule has 0 fully saturated rings. The molecule has 0 aliphatic heterocycles. The zero-order valence-electron chi connectivity index (χ0n) is 10.1. The average Bonchev–Trinajstić information content (AvgIpc) is 2.37. The van der Waals surface area contributed by atoms with E-state index in [2.05, 4.69) is 5.32 Å². The maximum absolute atomic E-state index is 13.5. The summed E-state index contributed by atoms with van der Waals surface area (Å²) >= 11 is 11.9. The highest BCUT2D eigenvalue weighted by Crippen LogP contribution is 2.34. The van der Waals surface area contributed by atoms with Crippen LogP contribution < -0.4 is 5.32 Å². The third-order valence-electron chi connectivity index (χ3n) is 2.76. The van der Waals surface area contributed by atoms with Gasteiger partial charge in [0.1, 0.15) is 11.6 Å². The molecule has 19 heavy (non-hydrogen) atoms. The van der Waals surface area contributed by atoms with Gasteiger partial charge < -0.3 is 5.32 Å². The molecular weight excluding hydrogens is 291 g/mol. The van der Waals surface area contributed by atoms with E-state index in [0.29, 0.717) is 16.3 Å². The number of anilines is 1. The first-order chi connectivity index (χ1) is 9.00. The third-order valence-corrected chi connectivity index (χ3v) is 3.47. The van der Waals surface area contributed by atoms with E-state index in [1.165, 1.54) is 18.2 Å². The van der Waals surface area contributed by atoms with Gasteiger partial charge in [-0.05, 0) is 31.2 Å². The monoisotopic (exact) mass is 301 g/mol. The summed E-state index contributed by atoms with van der Waals surface area (Å²) in [6.07, 6.45) is 0. The lowest BCUT2D eigenvalue weighted by Crippen LogP contribution is -2.09. The van der Waals surface area contributed by atoms with Crippen molar-refractivity contribution >= 4 is 28.9 Å². The lowest BCUT2D eigenvalue weighted by atomic mass is 10.1. The second kappa shape index (κ2) is 5.76. The summed E-state index contributed by atoms with van der Waals surface area (Å²) in [6.45, 7) is 1.74. The molecule has 100 valence electrons. The van der Waals surface area contributed by atoms with Gasteiger partial charge in [-0.3, -0.25) is 0 Å². The standard InChI is InChI=1S/C14H11Cl2F2N/c1-8(19-12-5-3-2-4-10(12)17)13-9(15)6-7-11(18)14(13)16/h2-8,19H,1H3. The minimum Gasteiger partial charge on any atom is -0.376 e. The number of hydrogen-bond acceptors (Lipinski definition) is 1. The van der Waals surface area contributed by atoms with Crippen molar-refractivity contribution in [2.24, 2.45) is 0 Å². The Bertz CT molecular complexity index is 602. The maximum Gasteiger partial charge on any atom is 0.146 e. The molecular formula is C14H11Cl2F2N. The van der Waals surface area contributed by atoms with E-state index in [0.717, 1.165) is 0 Å². The highest BCUT2D eigenvalue weighted by Gasteiger charge is 2.17. The summed E-state index contributed by atoms with van der Waals surface area (Å²) in [5, 5.41) is 3.21. The highest BCUT2D eigenvalue weighted by atomic mass is 35.5. The molecule has 2 aromatic rings. The molecule has 0 saturated carbocycles. The minimum atomic E-state index is -0.553. The van der Waals surface area contributed by atoms with E-state index in [-0.39, 0.29) is 5.02 Å². The highest BCUT2D eigenvalue weighted by molar-refractivity contribution is 6.36. The topological polar surface area (TPSA) is 12.0 Å². The molecule has 0 saturated heterocycles. The summed E-state index contributed by atoms with van der Waals surface area (Å²) < 4.78 is 27.0. The molecule has 0 aliphatic rings. The number of rotatable bonds is 3. The van der Waals surface area contributed by atoms with Gasteiger partial charge in [-0.2, -0.15) is 0 Å². The second-order valence-corrected chi connectivity index (χ2v) is 4.89. The molecule has 0 spiro atoms. The Hall–Kier alpha value is -1.32. The molecule has 0 amide bonds. The predicted octanol–water partition coefficient (Wildman–Crippen LogP) is 5.44.